The number of para-hydroxylation sites is 3. The molecular formula is C56H40N4. The Kier molecular flexibility index (Phi) is 6.80. The van der Waals surface area contributed by atoms with Crippen LogP contribution in [0.25, 0.3) is 105 Å². The first-order valence-electron chi connectivity index (χ1n) is 21.1. The minimum atomic E-state index is -0.148. The van der Waals surface area contributed by atoms with E-state index in [0.29, 0.717) is 0 Å². The normalized spacial score (nSPS) is 15.6. The van der Waals surface area contributed by atoms with E-state index < -0.39 is 0 Å². The van der Waals surface area contributed by atoms with Gasteiger partial charge in [-0.25, -0.2) is 9.97 Å². The van der Waals surface area contributed by atoms with Gasteiger partial charge in [0.05, 0.1) is 33.3 Å². The highest BCUT2D eigenvalue weighted by Crippen LogP contribution is 2.51. The summed E-state index contributed by atoms with van der Waals surface area (Å²) in [6.07, 6.45) is 3.37. The molecule has 0 spiro atoms. The van der Waals surface area contributed by atoms with Crippen LogP contribution in [-0.4, -0.2) is 19.1 Å². The fourth-order valence-corrected chi connectivity index (χ4v) is 10.9. The largest absolute Gasteiger partial charge is 0.312 e. The molecule has 0 aliphatic heterocycles. The third-order valence-electron chi connectivity index (χ3n) is 13.7. The number of aromatic nitrogens is 4. The van der Waals surface area contributed by atoms with Gasteiger partial charge in [0.1, 0.15) is 5.69 Å². The average molecular weight is 769 g/mol. The average Bonchev–Trinajstić information content (AvgIpc) is 3.88. The number of hydrogen-bond donors (Lipinski definition) is 0. The van der Waals surface area contributed by atoms with E-state index in [1.807, 2.05) is 0 Å². The SMILES string of the molecule is CC1Cc2c(n(-c3nc4ccccc4nc3-c3ccc4c(c3)C(C)(C)c3ccccc3-4)c3ccc4ccccc4c23)C=C1n1c2ccccc2c2ccc3ccccc3c21. The number of benzene rings is 8. The predicted molar refractivity (Wildman–Crippen MR) is 251 cm³/mol. The minimum Gasteiger partial charge on any atom is -0.312 e. The summed E-state index contributed by atoms with van der Waals surface area (Å²) in [4.78, 5) is 11.1. The van der Waals surface area contributed by atoms with E-state index in [9.17, 15) is 0 Å². The van der Waals surface area contributed by atoms with Gasteiger partial charge in [-0.15, -0.1) is 0 Å². The first kappa shape index (κ1) is 33.6. The summed E-state index contributed by atoms with van der Waals surface area (Å²) in [6.45, 7) is 7.10. The molecule has 1 unspecified atom stereocenters. The van der Waals surface area contributed by atoms with Gasteiger partial charge in [-0.3, -0.25) is 4.57 Å². The van der Waals surface area contributed by atoms with Crippen molar-refractivity contribution < 1.29 is 0 Å². The number of allylic oxidation sites excluding steroid dienone is 1. The van der Waals surface area contributed by atoms with Crippen LogP contribution in [0.1, 0.15) is 43.2 Å². The predicted octanol–water partition coefficient (Wildman–Crippen LogP) is 14.2. The van der Waals surface area contributed by atoms with Crippen LogP contribution >= 0.6 is 0 Å². The Balaban J connectivity index is 1.14. The summed E-state index contributed by atoms with van der Waals surface area (Å²) in [7, 11) is 0. The summed E-state index contributed by atoms with van der Waals surface area (Å²) in [5.41, 5.74) is 16.3. The van der Waals surface area contributed by atoms with Gasteiger partial charge in [0, 0.05) is 44.1 Å². The zero-order chi connectivity index (χ0) is 39.9. The topological polar surface area (TPSA) is 35.6 Å². The maximum atomic E-state index is 5.61. The van der Waals surface area contributed by atoms with E-state index in [2.05, 4.69) is 200 Å². The molecule has 284 valence electrons. The Morgan fingerprint density at radius 3 is 2.07 bits per heavy atom. The van der Waals surface area contributed by atoms with Crippen LogP contribution in [-0.2, 0) is 11.8 Å². The maximum Gasteiger partial charge on any atom is 0.165 e. The maximum absolute atomic E-state index is 5.61. The molecule has 0 amide bonds. The van der Waals surface area contributed by atoms with Crippen molar-refractivity contribution in [2.24, 2.45) is 5.92 Å². The molecule has 60 heavy (non-hydrogen) atoms. The van der Waals surface area contributed by atoms with Crippen LogP contribution in [0.2, 0.25) is 0 Å². The van der Waals surface area contributed by atoms with Crippen molar-refractivity contribution in [2.45, 2.75) is 32.6 Å². The Hall–Kier alpha value is -7.30. The van der Waals surface area contributed by atoms with Crippen molar-refractivity contribution >= 4 is 77.1 Å². The van der Waals surface area contributed by atoms with Crippen LogP contribution in [0.15, 0.2) is 164 Å². The molecule has 2 aliphatic rings. The second-order valence-corrected chi connectivity index (χ2v) is 17.4. The second-order valence-electron chi connectivity index (χ2n) is 17.4. The molecule has 2 aliphatic carbocycles. The molecule has 4 nitrogen and oxygen atoms in total. The van der Waals surface area contributed by atoms with Gasteiger partial charge in [0.25, 0.3) is 0 Å². The van der Waals surface area contributed by atoms with Crippen molar-refractivity contribution in [1.82, 2.24) is 19.1 Å². The number of nitrogens with zero attached hydrogens (tertiary/aromatic N) is 4. The Morgan fingerprint density at radius 2 is 1.22 bits per heavy atom. The monoisotopic (exact) mass is 768 g/mol. The molecule has 0 saturated heterocycles. The van der Waals surface area contributed by atoms with Gasteiger partial charge < -0.3 is 4.57 Å². The third-order valence-corrected chi connectivity index (χ3v) is 13.7. The van der Waals surface area contributed by atoms with E-state index in [1.165, 1.54) is 87.9 Å². The number of hydrogen-bond acceptors (Lipinski definition) is 2. The fourth-order valence-electron chi connectivity index (χ4n) is 10.9. The van der Waals surface area contributed by atoms with E-state index in [1.54, 1.807) is 0 Å². The minimum absolute atomic E-state index is 0.148. The zero-order valence-electron chi connectivity index (χ0n) is 33.7. The van der Waals surface area contributed by atoms with Crippen molar-refractivity contribution in [3.05, 3.63) is 186 Å². The van der Waals surface area contributed by atoms with Crippen molar-refractivity contribution in [2.75, 3.05) is 0 Å². The molecule has 8 aromatic carbocycles. The van der Waals surface area contributed by atoms with Gasteiger partial charge in [-0.05, 0) is 86.8 Å². The van der Waals surface area contributed by atoms with Crippen LogP contribution < -0.4 is 0 Å². The lowest BCUT2D eigenvalue weighted by atomic mass is 9.82. The van der Waals surface area contributed by atoms with Gasteiger partial charge in [-0.2, -0.15) is 0 Å². The van der Waals surface area contributed by atoms with Crippen LogP contribution in [0.5, 0.6) is 0 Å². The second kappa shape index (κ2) is 12.1. The Morgan fingerprint density at radius 1 is 0.550 bits per heavy atom. The van der Waals surface area contributed by atoms with Gasteiger partial charge in [0.2, 0.25) is 0 Å². The molecule has 0 radical (unpaired) electrons. The molecule has 1 atom stereocenters. The number of fused-ring (bicyclic) bond motifs is 14. The van der Waals surface area contributed by atoms with Gasteiger partial charge in [0.15, 0.2) is 5.82 Å². The first-order chi connectivity index (χ1) is 29.4. The lowest BCUT2D eigenvalue weighted by Gasteiger charge is -2.26. The van der Waals surface area contributed by atoms with Crippen molar-refractivity contribution in [3.63, 3.8) is 0 Å². The van der Waals surface area contributed by atoms with Gasteiger partial charge in [-0.1, -0.05) is 154 Å². The van der Waals surface area contributed by atoms with E-state index in [-0.39, 0.29) is 11.3 Å². The molecule has 4 heteroatoms. The number of rotatable bonds is 3. The molecule has 3 aromatic heterocycles. The standard InChI is InChI=1S/C56H40N4/c1-33-30-43-51(32-50(33)59-48-23-13-9-19-41(48)42-28-24-35-15-5-7-17-38(35)54(42)59)60(49-29-26-34-14-4-6-16-37(34)52(43)49)55-53(57-46-21-11-12-22-47(46)58-55)36-25-27-40-39-18-8-10-20-44(39)56(2,3)45(40)31-36/h4-29,31-33H,30H2,1-3H3. The highest BCUT2D eigenvalue weighted by atomic mass is 15.1. The lowest BCUT2D eigenvalue weighted by molar-refractivity contribution is 0.660. The Bertz CT molecular complexity index is 3690. The van der Waals surface area contributed by atoms with Crippen LogP contribution in [0.3, 0.4) is 0 Å². The Labute approximate surface area is 347 Å². The van der Waals surface area contributed by atoms with Gasteiger partial charge >= 0.3 is 0 Å². The molecule has 13 rings (SSSR count). The molecule has 0 fully saturated rings. The first-order valence-corrected chi connectivity index (χ1v) is 21.1. The van der Waals surface area contributed by atoms with Crippen LogP contribution in [0, 0.1) is 5.92 Å². The summed E-state index contributed by atoms with van der Waals surface area (Å²) in [6, 6.07) is 59.9. The van der Waals surface area contributed by atoms with Crippen LogP contribution in [0.4, 0.5) is 0 Å². The molecule has 0 saturated carbocycles. The molecule has 0 bridgehead atoms. The summed E-state index contributed by atoms with van der Waals surface area (Å²) in [5.74, 6) is 1.08. The fraction of sp³-hybridized carbons (Fsp3) is 0.107. The summed E-state index contributed by atoms with van der Waals surface area (Å²) < 4.78 is 5.00. The third kappa shape index (κ3) is 4.51. The smallest absolute Gasteiger partial charge is 0.165 e. The zero-order valence-corrected chi connectivity index (χ0v) is 33.7. The van der Waals surface area contributed by atoms with Crippen molar-refractivity contribution in [3.8, 4) is 28.2 Å². The summed E-state index contributed by atoms with van der Waals surface area (Å²) in [5, 5.41) is 8.87. The molecular weight excluding hydrogens is 729 g/mol. The van der Waals surface area contributed by atoms with E-state index >= 15 is 0 Å². The highest BCUT2D eigenvalue weighted by molar-refractivity contribution is 6.20. The lowest BCUT2D eigenvalue weighted by Crippen LogP contribution is -2.16. The van der Waals surface area contributed by atoms with E-state index in [4.69, 9.17) is 9.97 Å². The quantitative estimate of drug-likeness (QED) is 0.179. The highest BCUT2D eigenvalue weighted by Gasteiger charge is 2.36. The van der Waals surface area contributed by atoms with Crippen molar-refractivity contribution in [1.29, 1.82) is 0 Å². The molecule has 0 N–H and O–H groups in total. The van der Waals surface area contributed by atoms with E-state index in [0.717, 1.165) is 40.0 Å². The molecule has 11 aromatic rings. The molecule has 3 heterocycles. The summed E-state index contributed by atoms with van der Waals surface area (Å²) >= 11 is 0.